The highest BCUT2D eigenvalue weighted by Gasteiger charge is 2.48. The van der Waals surface area contributed by atoms with E-state index in [4.69, 9.17) is 16.0 Å². The molecule has 26 heavy (non-hydrogen) atoms. The van der Waals surface area contributed by atoms with E-state index in [-0.39, 0.29) is 18.1 Å². The molecule has 1 saturated carbocycles. The van der Waals surface area contributed by atoms with Gasteiger partial charge in [0.1, 0.15) is 5.76 Å². The van der Waals surface area contributed by atoms with Gasteiger partial charge in [-0.25, -0.2) is 0 Å². The molecule has 1 aromatic carbocycles. The van der Waals surface area contributed by atoms with E-state index in [0.717, 1.165) is 12.1 Å². The van der Waals surface area contributed by atoms with E-state index in [0.29, 0.717) is 12.2 Å². The third-order valence-corrected chi connectivity index (χ3v) is 4.35. The highest BCUT2D eigenvalue weighted by Crippen LogP contribution is 2.40. The van der Waals surface area contributed by atoms with Crippen molar-refractivity contribution < 1.29 is 27.2 Å². The number of carbonyl (C=O) groups is 2. The molecule has 9 heteroatoms. The lowest BCUT2D eigenvalue weighted by Gasteiger charge is -2.11. The van der Waals surface area contributed by atoms with Crippen molar-refractivity contribution in [1.29, 1.82) is 0 Å². The highest BCUT2D eigenvalue weighted by atomic mass is 35.5. The zero-order valence-electron chi connectivity index (χ0n) is 13.3. The maximum absolute atomic E-state index is 12.8. The zero-order valence-corrected chi connectivity index (χ0v) is 14.0. The van der Waals surface area contributed by atoms with E-state index in [2.05, 4.69) is 10.6 Å². The number of benzene rings is 1. The number of furan rings is 1. The van der Waals surface area contributed by atoms with E-state index >= 15 is 0 Å². The molecule has 1 aromatic heterocycles. The number of hydrogen-bond donors (Lipinski definition) is 2. The Morgan fingerprint density at radius 1 is 1.19 bits per heavy atom. The first kappa shape index (κ1) is 18.3. The lowest BCUT2D eigenvalue weighted by Crippen LogP contribution is -2.27. The molecule has 2 aromatic rings. The number of carbonyl (C=O) groups excluding carboxylic acids is 2. The topological polar surface area (TPSA) is 71.3 Å². The first-order valence-corrected chi connectivity index (χ1v) is 8.11. The van der Waals surface area contributed by atoms with Gasteiger partial charge in [0.25, 0.3) is 0 Å². The molecule has 0 spiro atoms. The summed E-state index contributed by atoms with van der Waals surface area (Å²) in [5.74, 6) is -1.29. The van der Waals surface area contributed by atoms with E-state index in [1.165, 1.54) is 12.3 Å². The average Bonchev–Trinajstić information content (AvgIpc) is 3.21. The van der Waals surface area contributed by atoms with Crippen molar-refractivity contribution >= 4 is 29.1 Å². The second-order valence-electron chi connectivity index (χ2n) is 5.93. The van der Waals surface area contributed by atoms with Gasteiger partial charge in [0.05, 0.1) is 35.2 Å². The van der Waals surface area contributed by atoms with Crippen LogP contribution in [0.4, 0.5) is 18.9 Å². The Morgan fingerprint density at radius 2 is 1.92 bits per heavy atom. The first-order valence-electron chi connectivity index (χ1n) is 7.73. The fraction of sp³-hybridized carbons (Fsp3) is 0.294. The maximum atomic E-state index is 12.8. The van der Waals surface area contributed by atoms with Crippen LogP contribution < -0.4 is 10.6 Å². The first-order chi connectivity index (χ1) is 12.3. The summed E-state index contributed by atoms with van der Waals surface area (Å²) in [7, 11) is 0. The molecule has 0 saturated heterocycles. The molecule has 3 rings (SSSR count). The molecule has 0 radical (unpaired) electrons. The van der Waals surface area contributed by atoms with Crippen LogP contribution in [0, 0.1) is 11.8 Å². The Morgan fingerprint density at radius 3 is 2.58 bits per heavy atom. The molecular weight excluding hydrogens is 373 g/mol. The van der Waals surface area contributed by atoms with Gasteiger partial charge < -0.3 is 15.1 Å². The van der Waals surface area contributed by atoms with Crippen molar-refractivity contribution in [2.45, 2.75) is 19.1 Å². The van der Waals surface area contributed by atoms with Gasteiger partial charge in [-0.05, 0) is 36.8 Å². The van der Waals surface area contributed by atoms with Gasteiger partial charge >= 0.3 is 6.18 Å². The molecule has 1 heterocycles. The molecule has 0 aliphatic heterocycles. The fourth-order valence-corrected chi connectivity index (χ4v) is 2.77. The lowest BCUT2D eigenvalue weighted by molar-refractivity contribution is -0.137. The molecule has 0 bridgehead atoms. The van der Waals surface area contributed by atoms with E-state index < -0.39 is 34.5 Å². The Bertz CT molecular complexity index is 821. The largest absolute Gasteiger partial charge is 0.467 e. The zero-order chi connectivity index (χ0) is 18.9. The number of amides is 2. The van der Waals surface area contributed by atoms with Crippen LogP contribution in [0.2, 0.25) is 5.02 Å². The van der Waals surface area contributed by atoms with Crippen molar-refractivity contribution in [2.75, 3.05) is 5.32 Å². The van der Waals surface area contributed by atoms with Crippen LogP contribution in [0.5, 0.6) is 0 Å². The molecule has 1 fully saturated rings. The number of rotatable bonds is 5. The van der Waals surface area contributed by atoms with Gasteiger partial charge in [-0.2, -0.15) is 13.2 Å². The Hall–Kier alpha value is -2.48. The SMILES string of the molecule is O=C(NCc1ccco1)C1CC1C(=O)Nc1ccc(Cl)c(C(F)(F)F)c1. The summed E-state index contributed by atoms with van der Waals surface area (Å²) in [6, 6.07) is 6.52. The average molecular weight is 387 g/mol. The van der Waals surface area contributed by atoms with E-state index in [1.807, 2.05) is 0 Å². The number of halogens is 4. The highest BCUT2D eigenvalue weighted by molar-refractivity contribution is 6.31. The second kappa shape index (κ2) is 7.03. The van der Waals surface area contributed by atoms with Gasteiger partial charge in [0, 0.05) is 5.69 Å². The van der Waals surface area contributed by atoms with Crippen molar-refractivity contribution in [3.8, 4) is 0 Å². The van der Waals surface area contributed by atoms with Crippen molar-refractivity contribution in [3.63, 3.8) is 0 Å². The Labute approximate surface area is 151 Å². The molecule has 2 unspecified atom stereocenters. The van der Waals surface area contributed by atoms with E-state index in [1.54, 1.807) is 12.1 Å². The van der Waals surface area contributed by atoms with Gasteiger partial charge in [0.15, 0.2) is 0 Å². The Kier molecular flexibility index (Phi) is 4.95. The molecule has 138 valence electrons. The summed E-state index contributed by atoms with van der Waals surface area (Å²) in [5, 5.41) is 4.61. The molecule has 2 atom stereocenters. The fourth-order valence-electron chi connectivity index (χ4n) is 2.55. The summed E-state index contributed by atoms with van der Waals surface area (Å²) < 4.78 is 43.6. The molecule has 2 amide bonds. The molecule has 1 aliphatic rings. The van der Waals surface area contributed by atoms with Gasteiger partial charge in [0.2, 0.25) is 11.8 Å². The van der Waals surface area contributed by atoms with Crippen LogP contribution in [0.25, 0.3) is 0 Å². The van der Waals surface area contributed by atoms with Crippen LogP contribution >= 0.6 is 11.6 Å². The molecule has 2 N–H and O–H groups in total. The van der Waals surface area contributed by atoms with Gasteiger partial charge in [-0.3, -0.25) is 9.59 Å². The van der Waals surface area contributed by atoms with Crippen LogP contribution in [0.3, 0.4) is 0 Å². The van der Waals surface area contributed by atoms with Crippen molar-refractivity contribution in [2.24, 2.45) is 11.8 Å². The summed E-state index contributed by atoms with van der Waals surface area (Å²) in [4.78, 5) is 24.1. The quantitative estimate of drug-likeness (QED) is 0.820. The standard InChI is InChI=1S/C17H14ClF3N2O3/c18-14-4-3-9(6-13(14)17(19,20)21)23-16(25)12-7-11(12)15(24)22-8-10-2-1-5-26-10/h1-6,11-12H,7-8H2,(H,22,24)(H,23,25). The summed E-state index contributed by atoms with van der Waals surface area (Å²) in [6.45, 7) is 0.211. The smallest absolute Gasteiger partial charge is 0.417 e. The predicted octanol–water partition coefficient (Wildman–Crippen LogP) is 3.84. The van der Waals surface area contributed by atoms with Crippen LogP contribution in [0.15, 0.2) is 41.0 Å². The summed E-state index contributed by atoms with van der Waals surface area (Å²) in [6.07, 6.45) is -2.79. The molecule has 1 aliphatic carbocycles. The lowest BCUT2D eigenvalue weighted by atomic mass is 10.2. The van der Waals surface area contributed by atoms with Crippen LogP contribution in [0.1, 0.15) is 17.7 Å². The number of alkyl halides is 3. The maximum Gasteiger partial charge on any atom is 0.417 e. The number of hydrogen-bond acceptors (Lipinski definition) is 3. The number of nitrogens with one attached hydrogen (secondary N) is 2. The normalized spacial score (nSPS) is 19.1. The monoisotopic (exact) mass is 386 g/mol. The van der Waals surface area contributed by atoms with E-state index in [9.17, 15) is 22.8 Å². The summed E-state index contributed by atoms with van der Waals surface area (Å²) in [5.41, 5.74) is -1.05. The molecular formula is C17H14ClF3N2O3. The molecule has 5 nitrogen and oxygen atoms in total. The minimum absolute atomic E-state index is 0.0200. The second-order valence-corrected chi connectivity index (χ2v) is 6.33. The third kappa shape index (κ3) is 4.19. The van der Waals surface area contributed by atoms with Crippen molar-refractivity contribution in [3.05, 3.63) is 52.9 Å². The minimum atomic E-state index is -4.62. The minimum Gasteiger partial charge on any atom is -0.467 e. The summed E-state index contributed by atoms with van der Waals surface area (Å²) >= 11 is 5.54. The van der Waals surface area contributed by atoms with Crippen LogP contribution in [-0.4, -0.2) is 11.8 Å². The van der Waals surface area contributed by atoms with Gasteiger partial charge in [-0.1, -0.05) is 11.6 Å². The van der Waals surface area contributed by atoms with Crippen molar-refractivity contribution in [1.82, 2.24) is 5.32 Å². The predicted molar refractivity (Wildman–Crippen MR) is 87.2 cm³/mol. The van der Waals surface area contributed by atoms with Gasteiger partial charge in [-0.15, -0.1) is 0 Å². The number of anilines is 1. The third-order valence-electron chi connectivity index (χ3n) is 4.02. The van der Waals surface area contributed by atoms with Crippen LogP contribution in [-0.2, 0) is 22.3 Å². The Balaban J connectivity index is 1.56.